The molecule has 33 heavy (non-hydrogen) atoms. The zero-order valence-electron chi connectivity index (χ0n) is 19.2. The SMILES string of the molecule is COC(=O)[C@H](Cc1ccccc1OC)NC(=O)CCCCCNC(=O)OCc1ccccc1. The van der Waals surface area contributed by atoms with Gasteiger partial charge in [-0.2, -0.15) is 0 Å². The molecule has 2 amide bonds. The number of hydrogen-bond donors (Lipinski definition) is 2. The number of esters is 1. The van der Waals surface area contributed by atoms with Crippen LogP contribution in [0.3, 0.4) is 0 Å². The van der Waals surface area contributed by atoms with Crippen LogP contribution in [-0.4, -0.2) is 44.8 Å². The summed E-state index contributed by atoms with van der Waals surface area (Å²) >= 11 is 0. The fourth-order valence-corrected chi connectivity index (χ4v) is 3.25. The Morgan fingerprint density at radius 1 is 0.909 bits per heavy atom. The maximum absolute atomic E-state index is 12.3. The molecule has 0 saturated heterocycles. The molecular formula is C25H32N2O6. The van der Waals surface area contributed by atoms with Gasteiger partial charge >= 0.3 is 12.1 Å². The number of ether oxygens (including phenoxy) is 3. The Bertz CT molecular complexity index is 887. The van der Waals surface area contributed by atoms with Gasteiger partial charge < -0.3 is 24.8 Å². The molecule has 0 aromatic heterocycles. The van der Waals surface area contributed by atoms with Crippen LogP contribution < -0.4 is 15.4 Å². The van der Waals surface area contributed by atoms with Crippen molar-refractivity contribution < 1.29 is 28.6 Å². The first-order valence-electron chi connectivity index (χ1n) is 11.0. The van der Waals surface area contributed by atoms with Crippen molar-refractivity contribution in [2.45, 2.75) is 44.8 Å². The quantitative estimate of drug-likeness (QED) is 0.354. The molecule has 0 aliphatic heterocycles. The summed E-state index contributed by atoms with van der Waals surface area (Å²) in [5.41, 5.74) is 1.73. The lowest BCUT2D eigenvalue weighted by Gasteiger charge is -2.18. The van der Waals surface area contributed by atoms with E-state index in [-0.39, 0.29) is 25.4 Å². The molecule has 0 aliphatic rings. The smallest absolute Gasteiger partial charge is 0.407 e. The molecule has 0 bridgehead atoms. The number of hydrogen-bond acceptors (Lipinski definition) is 6. The van der Waals surface area contributed by atoms with E-state index in [1.807, 2.05) is 48.5 Å². The van der Waals surface area contributed by atoms with Crippen molar-refractivity contribution in [1.29, 1.82) is 0 Å². The molecule has 178 valence electrons. The van der Waals surface area contributed by atoms with E-state index in [2.05, 4.69) is 10.6 Å². The molecule has 0 unspecified atom stereocenters. The van der Waals surface area contributed by atoms with Crippen molar-refractivity contribution in [3.63, 3.8) is 0 Å². The summed E-state index contributed by atoms with van der Waals surface area (Å²) in [5, 5.41) is 5.45. The van der Waals surface area contributed by atoms with Gasteiger partial charge in [-0.1, -0.05) is 55.0 Å². The Hall–Kier alpha value is -3.55. The summed E-state index contributed by atoms with van der Waals surface area (Å²) in [7, 11) is 2.85. The van der Waals surface area contributed by atoms with Crippen LogP contribution in [0.2, 0.25) is 0 Å². The van der Waals surface area contributed by atoms with E-state index >= 15 is 0 Å². The number of carbonyl (C=O) groups is 3. The number of para-hydroxylation sites is 1. The van der Waals surface area contributed by atoms with Crippen molar-refractivity contribution in [2.24, 2.45) is 0 Å². The lowest BCUT2D eigenvalue weighted by Crippen LogP contribution is -2.43. The third kappa shape index (κ3) is 9.64. The molecular weight excluding hydrogens is 424 g/mol. The maximum Gasteiger partial charge on any atom is 0.407 e. The Labute approximate surface area is 194 Å². The predicted octanol–water partition coefficient (Wildman–Crippen LogP) is 3.38. The van der Waals surface area contributed by atoms with Gasteiger partial charge in [0.1, 0.15) is 18.4 Å². The van der Waals surface area contributed by atoms with Crippen molar-refractivity contribution in [3.05, 3.63) is 65.7 Å². The Morgan fingerprint density at radius 2 is 1.64 bits per heavy atom. The molecule has 0 spiro atoms. The third-order valence-electron chi connectivity index (χ3n) is 5.00. The maximum atomic E-state index is 12.3. The molecule has 2 aromatic carbocycles. The molecule has 8 nitrogen and oxygen atoms in total. The standard InChI is InChI=1S/C25H32N2O6/c1-31-22-14-9-8-13-20(22)17-21(24(29)32-2)27-23(28)15-7-4-10-16-26-25(30)33-18-19-11-5-3-6-12-19/h3,5-6,8-9,11-14,21H,4,7,10,15-18H2,1-2H3,(H,26,30)(H,27,28)/t21-/m0/s1. The highest BCUT2D eigenvalue weighted by molar-refractivity contribution is 5.84. The molecule has 2 rings (SSSR count). The first-order chi connectivity index (χ1) is 16.0. The number of alkyl carbamates (subject to hydrolysis) is 1. The number of carbonyl (C=O) groups excluding carboxylic acids is 3. The molecule has 0 saturated carbocycles. The summed E-state index contributed by atoms with van der Waals surface area (Å²) in [4.78, 5) is 36.2. The Morgan fingerprint density at radius 3 is 2.36 bits per heavy atom. The van der Waals surface area contributed by atoms with Crippen LogP contribution in [0, 0.1) is 0 Å². The number of benzene rings is 2. The second-order valence-electron chi connectivity index (χ2n) is 7.46. The number of rotatable bonds is 13. The molecule has 0 aliphatic carbocycles. The zero-order valence-corrected chi connectivity index (χ0v) is 19.2. The van der Waals surface area contributed by atoms with Gasteiger partial charge in [0.05, 0.1) is 14.2 Å². The minimum Gasteiger partial charge on any atom is -0.496 e. The molecule has 2 aromatic rings. The largest absolute Gasteiger partial charge is 0.496 e. The van der Waals surface area contributed by atoms with Crippen molar-refractivity contribution in [2.75, 3.05) is 20.8 Å². The van der Waals surface area contributed by atoms with Crippen LogP contribution in [0.4, 0.5) is 4.79 Å². The average Bonchev–Trinajstić information content (AvgIpc) is 2.84. The number of nitrogens with one attached hydrogen (secondary N) is 2. The van der Waals surface area contributed by atoms with E-state index in [1.165, 1.54) is 7.11 Å². The van der Waals surface area contributed by atoms with Crippen molar-refractivity contribution in [3.8, 4) is 5.75 Å². The fourth-order valence-electron chi connectivity index (χ4n) is 3.25. The third-order valence-corrected chi connectivity index (χ3v) is 5.00. The highest BCUT2D eigenvalue weighted by Gasteiger charge is 2.23. The molecule has 8 heteroatoms. The lowest BCUT2D eigenvalue weighted by atomic mass is 10.0. The molecule has 1 atom stereocenters. The van der Waals surface area contributed by atoms with E-state index < -0.39 is 18.1 Å². The second-order valence-corrected chi connectivity index (χ2v) is 7.46. The van der Waals surface area contributed by atoms with Gasteiger partial charge in [0.2, 0.25) is 5.91 Å². The number of unbranched alkanes of at least 4 members (excludes halogenated alkanes) is 2. The minimum atomic E-state index is -0.792. The van der Waals surface area contributed by atoms with Crippen molar-refractivity contribution in [1.82, 2.24) is 10.6 Å². The van der Waals surface area contributed by atoms with Gasteiger partial charge in [-0.3, -0.25) is 4.79 Å². The van der Waals surface area contributed by atoms with E-state index in [9.17, 15) is 14.4 Å². The van der Waals surface area contributed by atoms with Gasteiger partial charge in [-0.25, -0.2) is 9.59 Å². The normalized spacial score (nSPS) is 11.2. The van der Waals surface area contributed by atoms with Crippen LogP contribution in [0.5, 0.6) is 5.75 Å². The average molecular weight is 457 g/mol. The van der Waals surface area contributed by atoms with E-state index in [0.717, 1.165) is 24.0 Å². The van der Waals surface area contributed by atoms with Crippen LogP contribution in [-0.2, 0) is 32.1 Å². The summed E-state index contributed by atoms with van der Waals surface area (Å²) in [6.45, 7) is 0.691. The Kier molecular flexibility index (Phi) is 11.3. The molecule has 2 N–H and O–H groups in total. The van der Waals surface area contributed by atoms with E-state index in [4.69, 9.17) is 14.2 Å². The summed E-state index contributed by atoms with van der Waals surface area (Å²) in [6.07, 6.45) is 2.19. The van der Waals surface area contributed by atoms with Crippen LogP contribution in [0.25, 0.3) is 0 Å². The first kappa shape index (κ1) is 25.7. The Balaban J connectivity index is 1.65. The number of methoxy groups -OCH3 is 2. The van der Waals surface area contributed by atoms with Crippen LogP contribution >= 0.6 is 0 Å². The van der Waals surface area contributed by atoms with E-state index in [1.54, 1.807) is 13.2 Å². The fraction of sp³-hybridized carbons (Fsp3) is 0.400. The van der Waals surface area contributed by atoms with Gasteiger partial charge in [0, 0.05) is 19.4 Å². The topological polar surface area (TPSA) is 103 Å². The van der Waals surface area contributed by atoms with E-state index in [0.29, 0.717) is 18.7 Å². The van der Waals surface area contributed by atoms with Gasteiger partial charge in [-0.15, -0.1) is 0 Å². The predicted molar refractivity (Wildman–Crippen MR) is 124 cm³/mol. The van der Waals surface area contributed by atoms with Gasteiger partial charge in [0.15, 0.2) is 0 Å². The molecule has 0 radical (unpaired) electrons. The molecule has 0 heterocycles. The van der Waals surface area contributed by atoms with Crippen molar-refractivity contribution >= 4 is 18.0 Å². The summed E-state index contributed by atoms with van der Waals surface area (Å²) in [6, 6.07) is 16.0. The highest BCUT2D eigenvalue weighted by Crippen LogP contribution is 2.19. The van der Waals surface area contributed by atoms with Crippen LogP contribution in [0.1, 0.15) is 36.8 Å². The lowest BCUT2D eigenvalue weighted by molar-refractivity contribution is -0.145. The van der Waals surface area contributed by atoms with Gasteiger partial charge in [0.25, 0.3) is 0 Å². The first-order valence-corrected chi connectivity index (χ1v) is 11.0. The van der Waals surface area contributed by atoms with Gasteiger partial charge in [-0.05, 0) is 30.0 Å². The summed E-state index contributed by atoms with van der Waals surface area (Å²) in [5.74, 6) is -0.0848. The molecule has 0 fully saturated rings. The van der Waals surface area contributed by atoms with Crippen LogP contribution in [0.15, 0.2) is 54.6 Å². The second kappa shape index (κ2) is 14.5. The number of amides is 2. The minimum absolute atomic E-state index is 0.225. The monoisotopic (exact) mass is 456 g/mol. The summed E-state index contributed by atoms with van der Waals surface area (Å²) < 4.78 is 15.3. The highest BCUT2D eigenvalue weighted by atomic mass is 16.5. The zero-order chi connectivity index (χ0) is 23.9.